The first kappa shape index (κ1) is 13.4. The van der Waals surface area contributed by atoms with Crippen LogP contribution in [0.4, 0.5) is 11.6 Å². The Hall–Kier alpha value is -2.56. The zero-order valence-electron chi connectivity index (χ0n) is 10.9. The van der Waals surface area contributed by atoms with E-state index < -0.39 is 0 Å². The highest BCUT2D eigenvalue weighted by molar-refractivity contribution is 8.09. The topological polar surface area (TPSA) is 99.7 Å². The fourth-order valence-electron chi connectivity index (χ4n) is 1.85. The molecule has 0 bridgehead atoms. The molecule has 4 N–H and O–H groups in total. The third-order valence-corrected chi connectivity index (χ3v) is 3.76. The van der Waals surface area contributed by atoms with E-state index in [1.165, 1.54) is 11.8 Å². The number of anilines is 2. The summed E-state index contributed by atoms with van der Waals surface area (Å²) in [5.41, 5.74) is 7.78. The lowest BCUT2D eigenvalue weighted by Crippen LogP contribution is -2.25. The fourth-order valence-corrected chi connectivity index (χ4v) is 2.63. The fraction of sp³-hybridized carbons (Fsp3) is 0.0714. The lowest BCUT2D eigenvalue weighted by atomic mass is 10.2. The van der Waals surface area contributed by atoms with E-state index in [-0.39, 0.29) is 5.50 Å². The predicted molar refractivity (Wildman–Crippen MR) is 83.2 cm³/mol. The number of nitrogens with two attached hydrogens (primary N) is 1. The molecule has 104 valence electrons. The van der Waals surface area contributed by atoms with Gasteiger partial charge in [-0.25, -0.2) is 9.97 Å². The van der Waals surface area contributed by atoms with Gasteiger partial charge in [-0.3, -0.25) is 0 Å². The van der Waals surface area contributed by atoms with Crippen LogP contribution in [-0.2, 0) is 0 Å². The molecule has 2 heterocycles. The maximum atomic E-state index is 8.90. The van der Waals surface area contributed by atoms with Gasteiger partial charge in [0, 0.05) is 18.1 Å². The molecular weight excluding hydrogens is 284 g/mol. The van der Waals surface area contributed by atoms with Crippen LogP contribution in [0.1, 0.15) is 11.3 Å². The van der Waals surface area contributed by atoms with Gasteiger partial charge in [-0.1, -0.05) is 17.8 Å². The zero-order chi connectivity index (χ0) is 14.7. The minimum atomic E-state index is -0.140. The molecule has 1 atom stereocenters. The standard InChI is InChI=1S/C14H12N6S/c15-7-9-2-1-3-10(6-9)19-14-17-5-4-11(20-14)12-8-18-13(16)21-12/h1-6,8,13,18H,16H2,(H,17,19,20). The lowest BCUT2D eigenvalue weighted by molar-refractivity contribution is 0.837. The Balaban J connectivity index is 1.82. The third-order valence-electron chi connectivity index (χ3n) is 2.79. The smallest absolute Gasteiger partial charge is 0.227 e. The maximum absolute atomic E-state index is 8.90. The predicted octanol–water partition coefficient (Wildman–Crippen LogP) is 1.97. The van der Waals surface area contributed by atoms with E-state index in [0.29, 0.717) is 11.5 Å². The van der Waals surface area contributed by atoms with Crippen LogP contribution in [-0.4, -0.2) is 15.5 Å². The summed E-state index contributed by atoms with van der Waals surface area (Å²) in [4.78, 5) is 9.61. The van der Waals surface area contributed by atoms with E-state index in [4.69, 9.17) is 11.0 Å². The molecule has 1 aliphatic rings. The van der Waals surface area contributed by atoms with Crippen LogP contribution in [0.15, 0.2) is 42.7 Å². The molecule has 0 radical (unpaired) electrons. The average molecular weight is 296 g/mol. The number of hydrogen-bond acceptors (Lipinski definition) is 7. The molecule has 0 saturated heterocycles. The SMILES string of the molecule is N#Cc1cccc(Nc2nccc(C3=CNC(N)S3)n2)c1. The Bertz CT molecular complexity index is 736. The zero-order valence-corrected chi connectivity index (χ0v) is 11.8. The molecule has 1 aromatic heterocycles. The van der Waals surface area contributed by atoms with E-state index in [1.807, 2.05) is 24.4 Å². The minimum Gasteiger partial charge on any atom is -0.366 e. The Morgan fingerprint density at radius 3 is 3.05 bits per heavy atom. The van der Waals surface area contributed by atoms with Crippen molar-refractivity contribution in [1.82, 2.24) is 15.3 Å². The van der Waals surface area contributed by atoms with Gasteiger partial charge in [-0.15, -0.1) is 0 Å². The number of nitrogens with zero attached hydrogens (tertiary/aromatic N) is 3. The van der Waals surface area contributed by atoms with Crippen molar-refractivity contribution in [3.05, 3.63) is 54.0 Å². The second-order valence-electron chi connectivity index (χ2n) is 4.30. The summed E-state index contributed by atoms with van der Waals surface area (Å²) < 4.78 is 0. The van der Waals surface area contributed by atoms with Gasteiger partial charge in [0.25, 0.3) is 0 Å². The average Bonchev–Trinajstić information content (AvgIpc) is 2.94. The van der Waals surface area contributed by atoms with Crippen LogP contribution in [0.3, 0.4) is 0 Å². The number of aromatic nitrogens is 2. The summed E-state index contributed by atoms with van der Waals surface area (Å²) in [5.74, 6) is 0.476. The van der Waals surface area contributed by atoms with Crippen molar-refractivity contribution >= 4 is 28.3 Å². The number of benzene rings is 1. The first-order chi connectivity index (χ1) is 10.2. The second-order valence-corrected chi connectivity index (χ2v) is 5.48. The van der Waals surface area contributed by atoms with Gasteiger partial charge in [0.2, 0.25) is 5.95 Å². The Kier molecular flexibility index (Phi) is 3.73. The van der Waals surface area contributed by atoms with E-state index in [2.05, 4.69) is 26.7 Å². The number of rotatable bonds is 3. The Morgan fingerprint density at radius 2 is 2.29 bits per heavy atom. The van der Waals surface area contributed by atoms with Crippen LogP contribution < -0.4 is 16.4 Å². The summed E-state index contributed by atoms with van der Waals surface area (Å²) in [6, 6.07) is 11.1. The largest absolute Gasteiger partial charge is 0.366 e. The van der Waals surface area contributed by atoms with Crippen LogP contribution in [0.2, 0.25) is 0 Å². The summed E-state index contributed by atoms with van der Waals surface area (Å²) >= 11 is 1.51. The number of nitriles is 1. The van der Waals surface area contributed by atoms with Crippen molar-refractivity contribution in [2.75, 3.05) is 5.32 Å². The van der Waals surface area contributed by atoms with Gasteiger partial charge in [0.15, 0.2) is 0 Å². The number of hydrogen-bond donors (Lipinski definition) is 3. The van der Waals surface area contributed by atoms with Crippen LogP contribution in [0.5, 0.6) is 0 Å². The second kappa shape index (κ2) is 5.83. The van der Waals surface area contributed by atoms with Gasteiger partial charge in [-0.05, 0) is 24.3 Å². The van der Waals surface area contributed by atoms with E-state index in [1.54, 1.807) is 18.3 Å². The molecule has 0 fully saturated rings. The van der Waals surface area contributed by atoms with Crippen LogP contribution in [0.25, 0.3) is 4.91 Å². The van der Waals surface area contributed by atoms with Gasteiger partial charge in [0.1, 0.15) is 5.50 Å². The first-order valence-corrected chi connectivity index (χ1v) is 7.11. The molecule has 1 aromatic carbocycles. The van der Waals surface area contributed by atoms with Gasteiger partial charge < -0.3 is 16.4 Å². The van der Waals surface area contributed by atoms with Crippen LogP contribution in [0, 0.1) is 11.3 Å². The Morgan fingerprint density at radius 1 is 1.38 bits per heavy atom. The van der Waals surface area contributed by atoms with Crippen molar-refractivity contribution in [2.24, 2.45) is 5.73 Å². The third kappa shape index (κ3) is 3.13. The lowest BCUT2D eigenvalue weighted by Gasteiger charge is -2.07. The molecule has 2 aromatic rings. The van der Waals surface area contributed by atoms with Crippen molar-refractivity contribution in [3.8, 4) is 6.07 Å². The molecule has 0 spiro atoms. The number of thioether (sulfide) groups is 1. The summed E-state index contributed by atoms with van der Waals surface area (Å²) in [7, 11) is 0. The molecule has 3 rings (SSSR count). The summed E-state index contributed by atoms with van der Waals surface area (Å²) in [5, 5.41) is 15.0. The first-order valence-electron chi connectivity index (χ1n) is 6.24. The highest BCUT2D eigenvalue weighted by atomic mass is 32.2. The number of nitrogens with one attached hydrogen (secondary N) is 2. The van der Waals surface area contributed by atoms with Crippen molar-refractivity contribution in [1.29, 1.82) is 5.26 Å². The normalized spacial score (nSPS) is 16.8. The van der Waals surface area contributed by atoms with Gasteiger partial charge in [0.05, 0.1) is 22.2 Å². The van der Waals surface area contributed by atoms with E-state index >= 15 is 0 Å². The molecule has 6 nitrogen and oxygen atoms in total. The highest BCUT2D eigenvalue weighted by Gasteiger charge is 2.16. The summed E-state index contributed by atoms with van der Waals surface area (Å²) in [6.45, 7) is 0. The minimum absolute atomic E-state index is 0.140. The van der Waals surface area contributed by atoms with Crippen molar-refractivity contribution < 1.29 is 0 Å². The Labute approximate surface area is 126 Å². The van der Waals surface area contributed by atoms with Crippen LogP contribution >= 0.6 is 11.8 Å². The molecule has 1 aliphatic heterocycles. The monoisotopic (exact) mass is 296 g/mol. The molecule has 0 amide bonds. The summed E-state index contributed by atoms with van der Waals surface area (Å²) in [6.07, 6.45) is 3.53. The molecular formula is C14H12N6S. The quantitative estimate of drug-likeness (QED) is 0.796. The van der Waals surface area contributed by atoms with E-state index in [9.17, 15) is 0 Å². The molecule has 0 saturated carbocycles. The van der Waals surface area contributed by atoms with Gasteiger partial charge in [-0.2, -0.15) is 5.26 Å². The van der Waals surface area contributed by atoms with E-state index in [0.717, 1.165) is 16.3 Å². The van der Waals surface area contributed by atoms with Crippen molar-refractivity contribution in [3.63, 3.8) is 0 Å². The van der Waals surface area contributed by atoms with Gasteiger partial charge >= 0.3 is 0 Å². The molecule has 0 aliphatic carbocycles. The van der Waals surface area contributed by atoms with Crippen molar-refractivity contribution in [2.45, 2.75) is 5.50 Å². The molecule has 1 unspecified atom stereocenters. The molecule has 7 heteroatoms. The highest BCUT2D eigenvalue weighted by Crippen LogP contribution is 2.31. The molecule has 21 heavy (non-hydrogen) atoms. The maximum Gasteiger partial charge on any atom is 0.227 e.